The summed E-state index contributed by atoms with van der Waals surface area (Å²) < 4.78 is 0. The number of hydrogen-bond acceptors (Lipinski definition) is 3. The molecule has 3 nitrogen and oxygen atoms in total. The van der Waals surface area contributed by atoms with Gasteiger partial charge in [0.05, 0.1) is 0 Å². The first kappa shape index (κ1) is 67.2. The molecule has 0 atom stereocenters. The van der Waals surface area contributed by atoms with Crippen LogP contribution in [0.3, 0.4) is 0 Å². The number of para-hydroxylation sites is 1. The van der Waals surface area contributed by atoms with Gasteiger partial charge < -0.3 is 15.3 Å². The molecular formula is C46H84O3. The number of hydrogen-bond donors (Lipinski definition) is 3. The van der Waals surface area contributed by atoms with Gasteiger partial charge in [0, 0.05) is 5.39 Å². The van der Waals surface area contributed by atoms with Crippen molar-refractivity contribution >= 4 is 21.5 Å². The van der Waals surface area contributed by atoms with Crippen LogP contribution >= 0.6 is 0 Å². The number of phenolic OH excluding ortho intramolecular Hbond substituents is 3. The van der Waals surface area contributed by atoms with Gasteiger partial charge in [-0.25, -0.2) is 0 Å². The molecule has 3 N–H and O–H groups in total. The number of phenols is 3. The van der Waals surface area contributed by atoms with Crippen molar-refractivity contribution in [2.75, 3.05) is 0 Å². The molecule has 0 aliphatic rings. The van der Waals surface area contributed by atoms with Crippen LogP contribution in [0.2, 0.25) is 0 Å². The van der Waals surface area contributed by atoms with E-state index in [1.807, 2.05) is 197 Å². The van der Waals surface area contributed by atoms with E-state index in [1.54, 1.807) is 42.5 Å². The fourth-order valence-electron chi connectivity index (χ4n) is 2.81. The molecule has 0 saturated carbocycles. The maximum Gasteiger partial charge on any atom is 0.123 e. The summed E-state index contributed by atoms with van der Waals surface area (Å²) in [5, 5.41) is 31.4. The summed E-state index contributed by atoms with van der Waals surface area (Å²) in [5.41, 5.74) is 0. The highest BCUT2D eigenvalue weighted by Crippen LogP contribution is 2.23. The van der Waals surface area contributed by atoms with Crippen LogP contribution in [0, 0.1) is 0 Å². The molecule has 5 aromatic carbocycles. The van der Waals surface area contributed by atoms with Gasteiger partial charge in [0.2, 0.25) is 0 Å². The van der Waals surface area contributed by atoms with Gasteiger partial charge in [0.25, 0.3) is 0 Å². The van der Waals surface area contributed by atoms with Gasteiger partial charge in [-0.05, 0) is 46.5 Å². The molecule has 0 aliphatic carbocycles. The lowest BCUT2D eigenvalue weighted by Crippen LogP contribution is -1.70. The molecule has 0 heterocycles. The molecule has 0 saturated heterocycles. The molecule has 0 unspecified atom stereocenters. The Morgan fingerprint density at radius 1 is 0.286 bits per heavy atom. The predicted molar refractivity (Wildman–Crippen MR) is 235 cm³/mol. The average molecular weight is 685 g/mol. The molecule has 0 spiro atoms. The lowest BCUT2D eigenvalue weighted by atomic mass is 10.1. The second kappa shape index (κ2) is 62.8. The molecule has 5 aromatic rings. The van der Waals surface area contributed by atoms with Crippen molar-refractivity contribution in [3.05, 3.63) is 115 Å². The highest BCUT2D eigenvalue weighted by molar-refractivity contribution is 5.87. The Bertz CT molecular complexity index is 1170. The van der Waals surface area contributed by atoms with Crippen LogP contribution in [0.25, 0.3) is 21.5 Å². The van der Waals surface area contributed by atoms with E-state index in [0.717, 1.165) is 21.5 Å². The summed E-state index contributed by atoms with van der Waals surface area (Å²) in [6.45, 7) is 36.0. The Kier molecular flexibility index (Phi) is 86.2. The summed E-state index contributed by atoms with van der Waals surface area (Å²) in [5.74, 6) is 0.995. The summed E-state index contributed by atoms with van der Waals surface area (Å²) in [6, 6.07) is 35.3. The molecule has 0 amide bonds. The smallest absolute Gasteiger partial charge is 0.123 e. The van der Waals surface area contributed by atoms with Crippen molar-refractivity contribution in [1.82, 2.24) is 0 Å². The van der Waals surface area contributed by atoms with Gasteiger partial charge in [-0.15, -0.1) is 0 Å². The minimum Gasteiger partial charge on any atom is -0.508 e. The molecular weight excluding hydrogens is 601 g/mol. The van der Waals surface area contributed by atoms with Crippen LogP contribution in [0.4, 0.5) is 0 Å². The summed E-state index contributed by atoms with van der Waals surface area (Å²) in [4.78, 5) is 0. The minimum absolute atomic E-state index is 0. The van der Waals surface area contributed by atoms with Crippen LogP contribution in [0.5, 0.6) is 17.2 Å². The van der Waals surface area contributed by atoms with Crippen molar-refractivity contribution in [1.29, 1.82) is 0 Å². The number of aromatic hydroxyl groups is 3. The lowest BCUT2D eigenvalue weighted by Gasteiger charge is -1.97. The Hall–Kier alpha value is -3.98. The monoisotopic (exact) mass is 685 g/mol. The van der Waals surface area contributed by atoms with Gasteiger partial charge in [-0.1, -0.05) is 224 Å². The molecule has 49 heavy (non-hydrogen) atoms. The van der Waals surface area contributed by atoms with Gasteiger partial charge in [0.1, 0.15) is 17.2 Å². The van der Waals surface area contributed by atoms with Crippen LogP contribution in [0.1, 0.15) is 139 Å². The molecule has 5 rings (SSSR count). The summed E-state index contributed by atoms with van der Waals surface area (Å²) in [7, 11) is 0. The highest BCUT2D eigenvalue weighted by atomic mass is 16.3. The zero-order valence-electron chi connectivity index (χ0n) is 33.8. The second-order valence-corrected chi connectivity index (χ2v) is 6.37. The van der Waals surface area contributed by atoms with E-state index < -0.39 is 0 Å². The predicted octanol–water partition coefficient (Wildman–Crippen LogP) is 17.0. The largest absolute Gasteiger partial charge is 0.508 e. The van der Waals surface area contributed by atoms with Crippen molar-refractivity contribution in [2.24, 2.45) is 0 Å². The molecule has 0 aromatic heterocycles. The molecule has 0 bridgehead atoms. The number of fused-ring (bicyclic) bond motifs is 2. The van der Waals surface area contributed by atoms with Gasteiger partial charge >= 0.3 is 0 Å². The molecule has 286 valence electrons. The molecule has 0 radical (unpaired) electrons. The van der Waals surface area contributed by atoms with Crippen molar-refractivity contribution in [3.63, 3.8) is 0 Å². The van der Waals surface area contributed by atoms with Crippen molar-refractivity contribution < 1.29 is 15.3 Å². The normalized spacial score (nSPS) is 6.90. The first-order valence-corrected chi connectivity index (χ1v) is 18.2. The zero-order valence-corrected chi connectivity index (χ0v) is 33.8. The van der Waals surface area contributed by atoms with E-state index >= 15 is 0 Å². The molecule has 0 aliphatic heterocycles. The van der Waals surface area contributed by atoms with Crippen LogP contribution in [0.15, 0.2) is 115 Å². The van der Waals surface area contributed by atoms with E-state index in [0.29, 0.717) is 17.2 Å². The third-order valence-electron chi connectivity index (χ3n) is 4.26. The standard InChI is InChI=1S/2C10H8O.C6H6O.9C2H6.2CH4/c11-10-7-3-5-8-4-1-2-6-9(8)10;11-10-6-5-8-3-1-2-4-9(8)7-10;7-6-4-2-1-3-5-6;9*1-2;;/h2*1-7,11H;1-5,7H;9*1-2H3;2*1H4. The second-order valence-electron chi connectivity index (χ2n) is 6.37. The van der Waals surface area contributed by atoms with E-state index in [2.05, 4.69) is 0 Å². The fraction of sp³-hybridized carbons (Fsp3) is 0.435. The Balaban J connectivity index is -0.0000000566. The minimum atomic E-state index is 0. The Morgan fingerprint density at radius 2 is 0.633 bits per heavy atom. The van der Waals surface area contributed by atoms with Crippen LogP contribution < -0.4 is 0 Å². The van der Waals surface area contributed by atoms with Gasteiger partial charge in [-0.2, -0.15) is 0 Å². The quantitative estimate of drug-likeness (QED) is 0.152. The molecule has 0 fully saturated rings. The average Bonchev–Trinajstić information content (AvgIpc) is 3.20. The topological polar surface area (TPSA) is 60.7 Å². The van der Waals surface area contributed by atoms with E-state index in [1.165, 1.54) is 0 Å². The lowest BCUT2D eigenvalue weighted by molar-refractivity contribution is 0.475. The SMILES string of the molecule is C.C.CC.CC.CC.CC.CC.CC.CC.CC.CC.Oc1ccc2ccccc2c1.Oc1cccc2ccccc12.Oc1ccccc1. The summed E-state index contributed by atoms with van der Waals surface area (Å²) >= 11 is 0. The van der Waals surface area contributed by atoms with Crippen LogP contribution in [-0.2, 0) is 0 Å². The van der Waals surface area contributed by atoms with E-state index in [-0.39, 0.29) is 14.9 Å². The van der Waals surface area contributed by atoms with Crippen LogP contribution in [-0.4, -0.2) is 15.3 Å². The number of rotatable bonds is 0. The number of benzene rings is 5. The maximum absolute atomic E-state index is 9.37. The molecule has 3 heteroatoms. The van der Waals surface area contributed by atoms with Crippen molar-refractivity contribution in [2.45, 2.75) is 139 Å². The highest BCUT2D eigenvalue weighted by Gasteiger charge is 1.94. The summed E-state index contributed by atoms with van der Waals surface area (Å²) in [6.07, 6.45) is 0. The van der Waals surface area contributed by atoms with Gasteiger partial charge in [0.15, 0.2) is 0 Å². The maximum atomic E-state index is 9.37. The van der Waals surface area contributed by atoms with E-state index in [9.17, 15) is 5.11 Å². The van der Waals surface area contributed by atoms with Gasteiger partial charge in [-0.3, -0.25) is 0 Å². The fourth-order valence-corrected chi connectivity index (χ4v) is 2.81. The first-order valence-electron chi connectivity index (χ1n) is 18.2. The zero-order chi connectivity index (χ0) is 38.5. The third kappa shape index (κ3) is 38.3. The Morgan fingerprint density at radius 3 is 1.02 bits per heavy atom. The first-order chi connectivity index (χ1) is 23.1. The van der Waals surface area contributed by atoms with Crippen molar-refractivity contribution in [3.8, 4) is 17.2 Å². The third-order valence-corrected chi connectivity index (χ3v) is 4.26. The van der Waals surface area contributed by atoms with E-state index in [4.69, 9.17) is 10.2 Å². The Labute approximate surface area is 308 Å².